The summed E-state index contributed by atoms with van der Waals surface area (Å²) in [5.74, 6) is -0.222. The SMILES string of the molecule is Cc1ccc(C(=O)N(Cc2ccc(N(C)C)cc2)CC2CCCO2)cc1[N+](=O)[O-]. The van der Waals surface area contributed by atoms with E-state index >= 15 is 0 Å². The summed E-state index contributed by atoms with van der Waals surface area (Å²) in [5, 5.41) is 11.3. The Morgan fingerprint density at radius 3 is 2.52 bits per heavy atom. The van der Waals surface area contributed by atoms with E-state index < -0.39 is 4.92 Å². The molecule has 3 rings (SSSR count). The van der Waals surface area contributed by atoms with Crippen molar-refractivity contribution in [3.8, 4) is 0 Å². The second-order valence-corrected chi connectivity index (χ2v) is 7.64. The second-order valence-electron chi connectivity index (χ2n) is 7.64. The predicted octanol–water partition coefficient (Wildman–Crippen LogP) is 3.79. The van der Waals surface area contributed by atoms with Gasteiger partial charge in [-0.3, -0.25) is 14.9 Å². The Labute approximate surface area is 171 Å². The molecule has 1 unspecified atom stereocenters. The standard InChI is InChI=1S/C22H27N3O4/c1-16-6-9-18(13-21(16)25(27)28)22(26)24(15-20-5-4-12-29-20)14-17-7-10-19(11-8-17)23(2)3/h6-11,13,20H,4-5,12,14-15H2,1-3H3. The van der Waals surface area contributed by atoms with Crippen molar-refractivity contribution in [2.75, 3.05) is 32.1 Å². The van der Waals surface area contributed by atoms with Crippen LogP contribution >= 0.6 is 0 Å². The maximum Gasteiger partial charge on any atom is 0.273 e. The quantitative estimate of drug-likeness (QED) is 0.525. The third kappa shape index (κ3) is 5.12. The van der Waals surface area contributed by atoms with Crippen LogP contribution in [0.2, 0.25) is 0 Å². The number of aryl methyl sites for hydroxylation is 1. The Morgan fingerprint density at radius 2 is 1.93 bits per heavy atom. The van der Waals surface area contributed by atoms with Gasteiger partial charge in [-0.05, 0) is 43.5 Å². The third-order valence-electron chi connectivity index (χ3n) is 5.21. The fourth-order valence-corrected chi connectivity index (χ4v) is 3.49. The van der Waals surface area contributed by atoms with Crippen molar-refractivity contribution in [1.82, 2.24) is 4.90 Å². The van der Waals surface area contributed by atoms with Crippen molar-refractivity contribution < 1.29 is 14.5 Å². The molecular formula is C22H27N3O4. The Kier molecular flexibility index (Phi) is 6.49. The number of carbonyl (C=O) groups is 1. The molecule has 7 nitrogen and oxygen atoms in total. The first-order chi connectivity index (χ1) is 13.8. The Bertz CT molecular complexity index is 874. The summed E-state index contributed by atoms with van der Waals surface area (Å²) in [6.07, 6.45) is 1.90. The van der Waals surface area contributed by atoms with Crippen molar-refractivity contribution in [3.05, 3.63) is 69.3 Å². The van der Waals surface area contributed by atoms with E-state index in [9.17, 15) is 14.9 Å². The first-order valence-corrected chi connectivity index (χ1v) is 9.77. The van der Waals surface area contributed by atoms with Gasteiger partial charge in [0.15, 0.2) is 0 Å². The van der Waals surface area contributed by atoms with Crippen molar-refractivity contribution in [2.45, 2.75) is 32.4 Å². The van der Waals surface area contributed by atoms with E-state index in [0.717, 1.165) is 24.1 Å². The summed E-state index contributed by atoms with van der Waals surface area (Å²) in [6.45, 7) is 3.27. The molecule has 0 spiro atoms. The molecule has 7 heteroatoms. The number of nitro groups is 1. The molecular weight excluding hydrogens is 370 g/mol. The zero-order chi connectivity index (χ0) is 21.0. The molecule has 1 aliphatic heterocycles. The van der Waals surface area contributed by atoms with Crippen molar-refractivity contribution in [3.63, 3.8) is 0 Å². The van der Waals surface area contributed by atoms with Crippen LogP contribution in [0.15, 0.2) is 42.5 Å². The topological polar surface area (TPSA) is 75.9 Å². The van der Waals surface area contributed by atoms with Crippen LogP contribution in [-0.4, -0.2) is 49.1 Å². The lowest BCUT2D eigenvalue weighted by atomic mass is 10.1. The Morgan fingerprint density at radius 1 is 1.21 bits per heavy atom. The number of hydrogen-bond donors (Lipinski definition) is 0. The van der Waals surface area contributed by atoms with Crippen molar-refractivity contribution in [1.29, 1.82) is 0 Å². The molecule has 1 heterocycles. The molecule has 0 bridgehead atoms. The lowest BCUT2D eigenvalue weighted by molar-refractivity contribution is -0.385. The minimum atomic E-state index is -0.448. The number of nitro benzene ring substituents is 1. The highest BCUT2D eigenvalue weighted by atomic mass is 16.6. The molecule has 29 heavy (non-hydrogen) atoms. The fraction of sp³-hybridized carbons (Fsp3) is 0.409. The van der Waals surface area contributed by atoms with Gasteiger partial charge in [0.2, 0.25) is 0 Å². The lowest BCUT2D eigenvalue weighted by Gasteiger charge is -2.26. The van der Waals surface area contributed by atoms with Crippen LogP contribution < -0.4 is 4.90 Å². The maximum absolute atomic E-state index is 13.2. The van der Waals surface area contributed by atoms with E-state index in [1.807, 2.05) is 43.3 Å². The van der Waals surface area contributed by atoms with Crippen LogP contribution in [0, 0.1) is 17.0 Å². The summed E-state index contributed by atoms with van der Waals surface area (Å²) < 4.78 is 5.73. The number of benzene rings is 2. The number of amides is 1. The van der Waals surface area contributed by atoms with E-state index in [4.69, 9.17) is 4.74 Å². The monoisotopic (exact) mass is 397 g/mol. The van der Waals surface area contributed by atoms with Gasteiger partial charge in [0.1, 0.15) is 0 Å². The van der Waals surface area contributed by atoms with Crippen molar-refractivity contribution >= 4 is 17.3 Å². The fourth-order valence-electron chi connectivity index (χ4n) is 3.49. The molecule has 0 saturated carbocycles. The molecule has 1 saturated heterocycles. The first kappa shape index (κ1) is 20.8. The normalized spacial score (nSPS) is 15.9. The van der Waals surface area contributed by atoms with Crippen LogP contribution in [0.1, 0.15) is 34.3 Å². The number of hydrogen-bond acceptors (Lipinski definition) is 5. The summed E-state index contributed by atoms with van der Waals surface area (Å²) in [6, 6.07) is 12.7. The van der Waals surface area contributed by atoms with Gasteiger partial charge in [-0.15, -0.1) is 0 Å². The average Bonchev–Trinajstić information content (AvgIpc) is 3.20. The highest BCUT2D eigenvalue weighted by molar-refractivity contribution is 5.95. The Balaban J connectivity index is 1.85. The highest BCUT2D eigenvalue weighted by Crippen LogP contribution is 2.23. The number of carbonyl (C=O) groups excluding carboxylic acids is 1. The maximum atomic E-state index is 13.2. The van der Waals surface area contributed by atoms with Gasteiger partial charge in [-0.1, -0.05) is 18.2 Å². The predicted molar refractivity (Wildman–Crippen MR) is 112 cm³/mol. The smallest absolute Gasteiger partial charge is 0.273 e. The van der Waals surface area contributed by atoms with Gasteiger partial charge >= 0.3 is 0 Å². The second kappa shape index (κ2) is 9.05. The van der Waals surface area contributed by atoms with E-state index in [2.05, 4.69) is 0 Å². The molecule has 154 valence electrons. The molecule has 1 atom stereocenters. The van der Waals surface area contributed by atoms with Gasteiger partial charge in [0, 0.05) is 56.7 Å². The molecule has 2 aromatic rings. The molecule has 1 fully saturated rings. The molecule has 0 aromatic heterocycles. The zero-order valence-electron chi connectivity index (χ0n) is 17.1. The molecule has 0 radical (unpaired) electrons. The molecule has 0 N–H and O–H groups in total. The summed E-state index contributed by atoms with van der Waals surface area (Å²) in [5.41, 5.74) is 2.91. The zero-order valence-corrected chi connectivity index (χ0v) is 17.1. The van der Waals surface area contributed by atoms with Crippen molar-refractivity contribution in [2.24, 2.45) is 0 Å². The molecule has 1 amide bonds. The Hall–Kier alpha value is -2.93. The van der Waals surface area contributed by atoms with E-state index in [1.54, 1.807) is 24.0 Å². The van der Waals surface area contributed by atoms with Crippen LogP contribution in [0.4, 0.5) is 11.4 Å². The molecule has 1 aliphatic rings. The lowest BCUT2D eigenvalue weighted by Crippen LogP contribution is -2.37. The van der Waals surface area contributed by atoms with E-state index in [0.29, 0.717) is 30.8 Å². The van der Waals surface area contributed by atoms with Crippen LogP contribution in [-0.2, 0) is 11.3 Å². The molecule has 0 aliphatic carbocycles. The number of rotatable bonds is 7. The largest absolute Gasteiger partial charge is 0.378 e. The number of ether oxygens (including phenoxy) is 1. The van der Waals surface area contributed by atoms with Gasteiger partial charge in [-0.25, -0.2) is 0 Å². The van der Waals surface area contributed by atoms with Gasteiger partial charge in [-0.2, -0.15) is 0 Å². The summed E-state index contributed by atoms with van der Waals surface area (Å²) >= 11 is 0. The van der Waals surface area contributed by atoms with Crippen LogP contribution in [0.3, 0.4) is 0 Å². The minimum Gasteiger partial charge on any atom is -0.378 e. The highest BCUT2D eigenvalue weighted by Gasteiger charge is 2.25. The van der Waals surface area contributed by atoms with Gasteiger partial charge in [0.05, 0.1) is 11.0 Å². The van der Waals surface area contributed by atoms with E-state index in [1.165, 1.54) is 6.07 Å². The van der Waals surface area contributed by atoms with Crippen LogP contribution in [0.25, 0.3) is 0 Å². The number of nitrogens with zero attached hydrogens (tertiary/aromatic N) is 3. The van der Waals surface area contributed by atoms with E-state index in [-0.39, 0.29) is 17.7 Å². The molecule has 2 aromatic carbocycles. The summed E-state index contributed by atoms with van der Waals surface area (Å²) in [7, 11) is 3.96. The first-order valence-electron chi connectivity index (χ1n) is 9.77. The van der Waals surface area contributed by atoms with Gasteiger partial charge < -0.3 is 14.5 Å². The number of anilines is 1. The van der Waals surface area contributed by atoms with Crippen LogP contribution in [0.5, 0.6) is 0 Å². The summed E-state index contributed by atoms with van der Waals surface area (Å²) in [4.78, 5) is 27.8. The van der Waals surface area contributed by atoms with Gasteiger partial charge in [0.25, 0.3) is 11.6 Å². The average molecular weight is 397 g/mol. The minimum absolute atomic E-state index is 0.000400. The third-order valence-corrected chi connectivity index (χ3v) is 5.21.